The van der Waals surface area contributed by atoms with Gasteiger partial charge in [-0.15, -0.1) is 0 Å². The molecular formula is C12H16N2O2. The summed E-state index contributed by atoms with van der Waals surface area (Å²) in [5.41, 5.74) is 0.276. The molecule has 1 atom stereocenters. The summed E-state index contributed by atoms with van der Waals surface area (Å²) in [4.78, 5) is 14.9. The van der Waals surface area contributed by atoms with Crippen molar-refractivity contribution in [1.82, 2.24) is 4.98 Å². The zero-order valence-electron chi connectivity index (χ0n) is 9.31. The second-order valence-corrected chi connectivity index (χ2v) is 4.36. The summed E-state index contributed by atoms with van der Waals surface area (Å²) < 4.78 is 0. The molecule has 16 heavy (non-hydrogen) atoms. The van der Waals surface area contributed by atoms with Gasteiger partial charge in [0.2, 0.25) is 0 Å². The van der Waals surface area contributed by atoms with E-state index in [9.17, 15) is 4.79 Å². The molecule has 1 fully saturated rings. The molecule has 0 radical (unpaired) electrons. The highest BCUT2D eigenvalue weighted by molar-refractivity contribution is 5.88. The third kappa shape index (κ3) is 2.32. The molecule has 2 N–H and O–H groups in total. The Bertz CT molecular complexity index is 388. The first kappa shape index (κ1) is 10.9. The summed E-state index contributed by atoms with van der Waals surface area (Å²) in [6, 6.07) is 3.45. The Morgan fingerprint density at radius 3 is 2.94 bits per heavy atom. The van der Waals surface area contributed by atoms with Crippen LogP contribution in [0.5, 0.6) is 0 Å². The van der Waals surface area contributed by atoms with Crippen LogP contribution in [0.1, 0.15) is 36.5 Å². The van der Waals surface area contributed by atoms with E-state index in [2.05, 4.69) is 17.2 Å². The van der Waals surface area contributed by atoms with Crippen LogP contribution in [0.4, 0.5) is 5.82 Å². The third-order valence-corrected chi connectivity index (χ3v) is 3.24. The van der Waals surface area contributed by atoms with Crippen LogP contribution in [-0.4, -0.2) is 22.1 Å². The minimum absolute atomic E-state index is 0.276. The van der Waals surface area contributed by atoms with E-state index in [0.29, 0.717) is 17.8 Å². The number of nitrogens with one attached hydrogen (secondary N) is 1. The van der Waals surface area contributed by atoms with Crippen molar-refractivity contribution in [1.29, 1.82) is 0 Å². The summed E-state index contributed by atoms with van der Waals surface area (Å²) in [5.74, 6) is 0.441. The lowest BCUT2D eigenvalue weighted by Gasteiger charge is -2.32. The molecular weight excluding hydrogens is 204 g/mol. The van der Waals surface area contributed by atoms with Gasteiger partial charge in [0.15, 0.2) is 0 Å². The number of anilines is 1. The van der Waals surface area contributed by atoms with E-state index >= 15 is 0 Å². The highest BCUT2D eigenvalue weighted by Crippen LogP contribution is 2.30. The molecule has 1 aromatic heterocycles. The molecule has 1 aliphatic carbocycles. The Labute approximate surface area is 94.7 Å². The maximum Gasteiger partial charge on any atom is 0.335 e. The lowest BCUT2D eigenvalue weighted by Crippen LogP contribution is -2.31. The minimum Gasteiger partial charge on any atom is -0.478 e. The number of aromatic nitrogens is 1. The Kier molecular flexibility index (Phi) is 3.08. The van der Waals surface area contributed by atoms with Gasteiger partial charge >= 0.3 is 5.97 Å². The number of pyridine rings is 1. The van der Waals surface area contributed by atoms with Gasteiger partial charge < -0.3 is 10.4 Å². The van der Waals surface area contributed by atoms with Crippen molar-refractivity contribution in [2.45, 2.75) is 32.2 Å². The van der Waals surface area contributed by atoms with Crippen molar-refractivity contribution in [3.63, 3.8) is 0 Å². The molecule has 0 bridgehead atoms. The number of hydrogen-bond acceptors (Lipinski definition) is 3. The maximum absolute atomic E-state index is 10.8. The van der Waals surface area contributed by atoms with Crippen molar-refractivity contribution in [3.8, 4) is 0 Å². The van der Waals surface area contributed by atoms with Gasteiger partial charge in [0.1, 0.15) is 5.82 Å². The fourth-order valence-corrected chi connectivity index (χ4v) is 1.93. The maximum atomic E-state index is 10.8. The number of nitrogens with zero attached hydrogens (tertiary/aromatic N) is 1. The Morgan fingerprint density at radius 1 is 1.62 bits per heavy atom. The van der Waals surface area contributed by atoms with Crippen LogP contribution < -0.4 is 5.32 Å². The van der Waals surface area contributed by atoms with Crippen molar-refractivity contribution in [2.24, 2.45) is 5.92 Å². The van der Waals surface area contributed by atoms with Crippen LogP contribution in [0.2, 0.25) is 0 Å². The molecule has 0 saturated heterocycles. The predicted octanol–water partition coefficient (Wildman–Crippen LogP) is 2.38. The zero-order valence-corrected chi connectivity index (χ0v) is 9.31. The fourth-order valence-electron chi connectivity index (χ4n) is 1.93. The van der Waals surface area contributed by atoms with Crippen LogP contribution >= 0.6 is 0 Å². The summed E-state index contributed by atoms with van der Waals surface area (Å²) in [5, 5.41) is 12.1. The van der Waals surface area contributed by atoms with E-state index in [0.717, 1.165) is 0 Å². The van der Waals surface area contributed by atoms with Crippen LogP contribution in [0.25, 0.3) is 0 Å². The monoisotopic (exact) mass is 220 g/mol. The molecule has 1 aromatic rings. The largest absolute Gasteiger partial charge is 0.478 e. The van der Waals surface area contributed by atoms with E-state index in [1.807, 2.05) is 0 Å². The summed E-state index contributed by atoms with van der Waals surface area (Å²) in [7, 11) is 0. The van der Waals surface area contributed by atoms with Gasteiger partial charge in [-0.05, 0) is 37.8 Å². The van der Waals surface area contributed by atoms with Crippen LogP contribution in [-0.2, 0) is 0 Å². The average molecular weight is 220 g/mol. The van der Waals surface area contributed by atoms with Crippen LogP contribution in [0.15, 0.2) is 18.3 Å². The summed E-state index contributed by atoms with van der Waals surface area (Å²) in [6.45, 7) is 2.12. The normalized spacial score (nSPS) is 17.6. The molecule has 0 aliphatic heterocycles. The van der Waals surface area contributed by atoms with E-state index in [1.54, 1.807) is 6.07 Å². The van der Waals surface area contributed by atoms with Crippen LogP contribution in [0.3, 0.4) is 0 Å². The second-order valence-electron chi connectivity index (χ2n) is 4.36. The first-order valence-electron chi connectivity index (χ1n) is 5.62. The number of carbonyl (C=O) groups is 1. The van der Waals surface area contributed by atoms with E-state index in [4.69, 9.17) is 5.11 Å². The average Bonchev–Trinajstić information content (AvgIpc) is 2.15. The minimum atomic E-state index is -0.915. The van der Waals surface area contributed by atoms with Gasteiger partial charge in [0, 0.05) is 12.2 Å². The van der Waals surface area contributed by atoms with Gasteiger partial charge in [-0.25, -0.2) is 9.78 Å². The molecule has 4 nitrogen and oxygen atoms in total. The highest BCUT2D eigenvalue weighted by atomic mass is 16.4. The first-order valence-corrected chi connectivity index (χ1v) is 5.62. The number of hydrogen-bond donors (Lipinski definition) is 2. The lowest BCUT2D eigenvalue weighted by molar-refractivity contribution is 0.0697. The second kappa shape index (κ2) is 4.51. The fraction of sp³-hybridized carbons (Fsp3) is 0.500. The van der Waals surface area contributed by atoms with E-state index in [-0.39, 0.29) is 5.56 Å². The molecule has 1 aliphatic rings. The standard InChI is InChI=1S/C12H16N2O2/c1-8(9-3-2-4-9)14-11-7-10(12(15)16)5-6-13-11/h5-9H,2-4H2,1H3,(H,13,14)(H,15,16). The molecule has 0 aromatic carbocycles. The van der Waals surface area contributed by atoms with Gasteiger partial charge in [0.05, 0.1) is 5.56 Å². The lowest BCUT2D eigenvalue weighted by atomic mass is 9.80. The number of aromatic carboxylic acids is 1. The summed E-state index contributed by atoms with van der Waals surface area (Å²) in [6.07, 6.45) is 5.35. The predicted molar refractivity (Wildman–Crippen MR) is 61.6 cm³/mol. The van der Waals surface area contributed by atoms with E-state index in [1.165, 1.54) is 31.5 Å². The van der Waals surface area contributed by atoms with Crippen LogP contribution in [0, 0.1) is 5.92 Å². The number of carboxylic acid groups (broad SMARTS) is 1. The quantitative estimate of drug-likeness (QED) is 0.817. The third-order valence-electron chi connectivity index (χ3n) is 3.24. The smallest absolute Gasteiger partial charge is 0.335 e. The molecule has 2 rings (SSSR count). The molecule has 1 heterocycles. The Hall–Kier alpha value is -1.58. The topological polar surface area (TPSA) is 62.2 Å². The van der Waals surface area contributed by atoms with Crippen molar-refractivity contribution in [3.05, 3.63) is 23.9 Å². The van der Waals surface area contributed by atoms with Gasteiger partial charge in [0.25, 0.3) is 0 Å². The Morgan fingerprint density at radius 2 is 2.38 bits per heavy atom. The molecule has 86 valence electrons. The number of carboxylic acids is 1. The van der Waals surface area contributed by atoms with Gasteiger partial charge in [-0.3, -0.25) is 0 Å². The molecule has 4 heteroatoms. The number of rotatable bonds is 4. The van der Waals surface area contributed by atoms with Crippen molar-refractivity contribution >= 4 is 11.8 Å². The molecule has 1 unspecified atom stereocenters. The van der Waals surface area contributed by atoms with Gasteiger partial charge in [-0.1, -0.05) is 6.42 Å². The molecule has 0 amide bonds. The van der Waals surface area contributed by atoms with E-state index < -0.39 is 5.97 Å². The van der Waals surface area contributed by atoms with Crippen molar-refractivity contribution < 1.29 is 9.90 Å². The van der Waals surface area contributed by atoms with Crippen molar-refractivity contribution in [2.75, 3.05) is 5.32 Å². The zero-order chi connectivity index (χ0) is 11.5. The molecule has 1 saturated carbocycles. The molecule has 0 spiro atoms. The van der Waals surface area contributed by atoms with Gasteiger partial charge in [-0.2, -0.15) is 0 Å². The Balaban J connectivity index is 2.02. The summed E-state index contributed by atoms with van der Waals surface area (Å²) >= 11 is 0. The highest BCUT2D eigenvalue weighted by Gasteiger charge is 2.23. The first-order chi connectivity index (χ1) is 7.66. The SMILES string of the molecule is CC(Nc1cc(C(=O)O)ccn1)C1CCC1.